The van der Waals surface area contributed by atoms with Crippen molar-refractivity contribution in [2.45, 2.75) is 12.0 Å². The van der Waals surface area contributed by atoms with Crippen molar-refractivity contribution in [1.82, 2.24) is 25.6 Å². The molecule has 2 heterocycles. The molecule has 1 saturated heterocycles. The van der Waals surface area contributed by atoms with Crippen molar-refractivity contribution in [2.75, 3.05) is 39.9 Å². The molecule has 1 aliphatic heterocycles. The van der Waals surface area contributed by atoms with Crippen LogP contribution in [0.5, 0.6) is 0 Å². The molecule has 2 aliphatic rings. The summed E-state index contributed by atoms with van der Waals surface area (Å²) in [7, 11) is 1.69. The van der Waals surface area contributed by atoms with E-state index in [1.807, 2.05) is 18.2 Å². The number of carbonyl (C=O) groups is 1. The predicted molar refractivity (Wildman–Crippen MR) is 98.1 cm³/mol. The lowest BCUT2D eigenvalue weighted by atomic mass is 9.95. The normalized spacial score (nSPS) is 29.9. The lowest BCUT2D eigenvalue weighted by Gasteiger charge is -2.16. The summed E-state index contributed by atoms with van der Waals surface area (Å²) >= 11 is 0. The SMILES string of the molecule is COCCN1C[C@@H](O)[C@@]2(C1)[C@H](CNC(=O)c1cn[nH]n1)[C@H]2c1ccccc1. The number of benzene rings is 1. The Kier molecular flexibility index (Phi) is 4.94. The van der Waals surface area contributed by atoms with Crippen LogP contribution < -0.4 is 5.32 Å². The van der Waals surface area contributed by atoms with Crippen LogP contribution in [0, 0.1) is 11.3 Å². The van der Waals surface area contributed by atoms with Crippen LogP contribution in [0.4, 0.5) is 0 Å². The monoisotopic (exact) mass is 371 g/mol. The summed E-state index contributed by atoms with van der Waals surface area (Å²) < 4.78 is 5.19. The van der Waals surface area contributed by atoms with Crippen LogP contribution >= 0.6 is 0 Å². The van der Waals surface area contributed by atoms with Gasteiger partial charge in [0.25, 0.3) is 5.91 Å². The lowest BCUT2D eigenvalue weighted by molar-refractivity contribution is 0.0934. The van der Waals surface area contributed by atoms with Crippen LogP contribution in [-0.4, -0.2) is 77.3 Å². The van der Waals surface area contributed by atoms with Gasteiger partial charge in [0.1, 0.15) is 0 Å². The Balaban J connectivity index is 1.50. The van der Waals surface area contributed by atoms with Crippen LogP contribution in [-0.2, 0) is 4.74 Å². The standard InChI is InChI=1S/C19H25N5O3/c1-27-8-7-24-11-16(25)19(12-24)14(17(19)13-5-3-2-4-6-13)9-20-18(26)15-10-21-23-22-15/h2-6,10,14,16-17,25H,7-9,11-12H2,1H3,(H,20,26)(H,21,22,23)/t14-,16-,17-,19-/m1/s1. The molecular formula is C19H25N5O3. The van der Waals surface area contributed by atoms with E-state index >= 15 is 0 Å². The van der Waals surface area contributed by atoms with Crippen molar-refractivity contribution in [3.05, 3.63) is 47.8 Å². The van der Waals surface area contributed by atoms with E-state index in [0.29, 0.717) is 19.7 Å². The average molecular weight is 371 g/mol. The third-order valence-electron chi connectivity index (χ3n) is 6.01. The van der Waals surface area contributed by atoms with Gasteiger partial charge in [-0.05, 0) is 17.4 Å². The number of nitrogens with zero attached hydrogens (tertiary/aromatic N) is 3. The van der Waals surface area contributed by atoms with Crippen molar-refractivity contribution in [3.63, 3.8) is 0 Å². The Labute approximate surface area is 157 Å². The molecule has 1 amide bonds. The van der Waals surface area contributed by atoms with Crippen LogP contribution in [0.3, 0.4) is 0 Å². The van der Waals surface area contributed by atoms with Crippen molar-refractivity contribution in [1.29, 1.82) is 0 Å². The van der Waals surface area contributed by atoms with Gasteiger partial charge in [-0.2, -0.15) is 15.4 Å². The molecule has 8 heteroatoms. The summed E-state index contributed by atoms with van der Waals surface area (Å²) in [5.74, 6) is 0.151. The molecule has 0 radical (unpaired) electrons. The summed E-state index contributed by atoms with van der Waals surface area (Å²) in [5, 5.41) is 23.8. The van der Waals surface area contributed by atoms with Gasteiger partial charge in [-0.3, -0.25) is 9.69 Å². The van der Waals surface area contributed by atoms with Crippen LogP contribution in [0.15, 0.2) is 36.5 Å². The molecule has 1 aliphatic carbocycles. The molecule has 144 valence electrons. The van der Waals surface area contributed by atoms with Crippen molar-refractivity contribution >= 4 is 5.91 Å². The second-order valence-corrected chi connectivity index (χ2v) is 7.42. The van der Waals surface area contributed by atoms with Gasteiger partial charge in [-0.25, -0.2) is 0 Å². The molecule has 4 atom stereocenters. The molecular weight excluding hydrogens is 346 g/mol. The third kappa shape index (κ3) is 3.24. The summed E-state index contributed by atoms with van der Waals surface area (Å²) in [4.78, 5) is 14.5. The molecule has 1 spiro atoms. The number of rotatable bonds is 7. The van der Waals surface area contributed by atoms with Crippen LogP contribution in [0.25, 0.3) is 0 Å². The van der Waals surface area contributed by atoms with Crippen molar-refractivity contribution < 1.29 is 14.6 Å². The number of H-pyrrole nitrogens is 1. The van der Waals surface area contributed by atoms with Gasteiger partial charge in [0, 0.05) is 38.7 Å². The molecule has 1 aromatic carbocycles. The number of aliphatic hydroxyl groups is 1. The molecule has 27 heavy (non-hydrogen) atoms. The molecule has 4 rings (SSSR count). The molecule has 1 saturated carbocycles. The van der Waals surface area contributed by atoms with E-state index in [1.54, 1.807) is 7.11 Å². The lowest BCUT2D eigenvalue weighted by Crippen LogP contribution is -2.30. The van der Waals surface area contributed by atoms with Crippen LogP contribution in [0.1, 0.15) is 22.0 Å². The zero-order chi connectivity index (χ0) is 18.9. The Morgan fingerprint density at radius 2 is 2.26 bits per heavy atom. The summed E-state index contributed by atoms with van der Waals surface area (Å²) in [5.41, 5.74) is 1.26. The summed E-state index contributed by atoms with van der Waals surface area (Å²) in [6.45, 7) is 3.39. The second-order valence-electron chi connectivity index (χ2n) is 7.42. The molecule has 2 aromatic rings. The van der Waals surface area contributed by atoms with Gasteiger partial charge in [-0.15, -0.1) is 0 Å². The number of hydrogen-bond donors (Lipinski definition) is 3. The molecule has 2 fully saturated rings. The minimum absolute atomic E-state index is 0.179. The first-order valence-corrected chi connectivity index (χ1v) is 9.25. The van der Waals surface area contributed by atoms with Gasteiger partial charge >= 0.3 is 0 Å². The Bertz CT molecular complexity index is 769. The maximum atomic E-state index is 12.2. The van der Waals surface area contributed by atoms with E-state index in [2.05, 4.69) is 37.8 Å². The number of aromatic nitrogens is 3. The van der Waals surface area contributed by atoms with E-state index in [0.717, 1.165) is 13.1 Å². The Morgan fingerprint density at radius 3 is 2.96 bits per heavy atom. The first-order valence-electron chi connectivity index (χ1n) is 9.25. The fraction of sp³-hybridized carbons (Fsp3) is 0.526. The van der Waals surface area contributed by atoms with E-state index in [1.165, 1.54) is 11.8 Å². The van der Waals surface area contributed by atoms with Gasteiger partial charge in [-0.1, -0.05) is 30.3 Å². The van der Waals surface area contributed by atoms with E-state index in [9.17, 15) is 9.90 Å². The highest BCUT2D eigenvalue weighted by Crippen LogP contribution is 2.68. The molecule has 1 aromatic heterocycles. The smallest absolute Gasteiger partial charge is 0.273 e. The topological polar surface area (TPSA) is 103 Å². The summed E-state index contributed by atoms with van der Waals surface area (Å²) in [6, 6.07) is 10.3. The zero-order valence-corrected chi connectivity index (χ0v) is 15.3. The number of β-amino-alcohol motifs (C(OH)–C–C–N with tert-alkyl or cyclic N) is 1. The quantitative estimate of drug-likeness (QED) is 0.645. The number of hydrogen-bond acceptors (Lipinski definition) is 6. The average Bonchev–Trinajstić information content (AvgIpc) is 3.01. The number of carbonyl (C=O) groups excluding carboxylic acids is 1. The highest BCUT2D eigenvalue weighted by Gasteiger charge is 2.70. The second kappa shape index (κ2) is 7.38. The highest BCUT2D eigenvalue weighted by atomic mass is 16.5. The van der Waals surface area contributed by atoms with E-state index < -0.39 is 6.10 Å². The van der Waals surface area contributed by atoms with E-state index in [-0.39, 0.29) is 28.9 Å². The Hall–Kier alpha value is -2.29. The number of likely N-dealkylation sites (tertiary alicyclic amines) is 1. The first-order chi connectivity index (χ1) is 13.2. The number of aliphatic hydroxyl groups excluding tert-OH is 1. The van der Waals surface area contributed by atoms with Crippen molar-refractivity contribution in [2.24, 2.45) is 11.3 Å². The highest BCUT2D eigenvalue weighted by molar-refractivity contribution is 5.91. The third-order valence-corrected chi connectivity index (χ3v) is 6.01. The summed E-state index contributed by atoms with van der Waals surface area (Å²) in [6.07, 6.45) is 0.984. The van der Waals surface area contributed by atoms with Gasteiger partial charge in [0.15, 0.2) is 5.69 Å². The maximum Gasteiger partial charge on any atom is 0.273 e. The van der Waals surface area contributed by atoms with Gasteiger partial charge in [0.05, 0.1) is 18.9 Å². The number of methoxy groups -OCH3 is 1. The minimum Gasteiger partial charge on any atom is -0.391 e. The molecule has 3 N–H and O–H groups in total. The largest absolute Gasteiger partial charge is 0.391 e. The number of ether oxygens (including phenoxy) is 1. The number of aromatic amines is 1. The fourth-order valence-electron chi connectivity index (χ4n) is 4.69. The number of nitrogens with one attached hydrogen (secondary N) is 2. The minimum atomic E-state index is -0.423. The first kappa shape index (κ1) is 18.1. The molecule has 0 bridgehead atoms. The van der Waals surface area contributed by atoms with Gasteiger partial charge in [0.2, 0.25) is 0 Å². The molecule has 0 unspecified atom stereocenters. The Morgan fingerprint density at radius 1 is 1.44 bits per heavy atom. The van der Waals surface area contributed by atoms with E-state index in [4.69, 9.17) is 4.74 Å². The molecule has 8 nitrogen and oxygen atoms in total. The maximum absolute atomic E-state index is 12.2. The van der Waals surface area contributed by atoms with Gasteiger partial charge < -0.3 is 15.2 Å². The fourth-order valence-corrected chi connectivity index (χ4v) is 4.69. The van der Waals surface area contributed by atoms with Crippen LogP contribution in [0.2, 0.25) is 0 Å². The number of amides is 1. The predicted octanol–water partition coefficient (Wildman–Crippen LogP) is 0.257. The zero-order valence-electron chi connectivity index (χ0n) is 15.3. The van der Waals surface area contributed by atoms with Crippen molar-refractivity contribution in [3.8, 4) is 0 Å².